The van der Waals surface area contributed by atoms with Gasteiger partial charge in [0.05, 0.1) is 17.7 Å². The molecule has 0 saturated heterocycles. The van der Waals surface area contributed by atoms with Crippen molar-refractivity contribution in [3.05, 3.63) is 90.0 Å². The molecular formula is C29H35N3O5S. The van der Waals surface area contributed by atoms with Gasteiger partial charge in [0.15, 0.2) is 0 Å². The second-order valence-electron chi connectivity index (χ2n) is 8.85. The molecule has 0 aromatic heterocycles. The highest BCUT2D eigenvalue weighted by atomic mass is 32.2. The number of carbonyl (C=O) groups is 2. The van der Waals surface area contributed by atoms with Gasteiger partial charge in [0, 0.05) is 13.1 Å². The van der Waals surface area contributed by atoms with E-state index >= 15 is 0 Å². The lowest BCUT2D eigenvalue weighted by Gasteiger charge is -2.33. The fraction of sp³-hybridized carbons (Fsp3) is 0.310. The molecule has 3 aromatic rings. The Labute approximate surface area is 225 Å². The Hall–Kier alpha value is -3.85. The van der Waals surface area contributed by atoms with E-state index in [1.807, 2.05) is 39.0 Å². The van der Waals surface area contributed by atoms with E-state index in [0.717, 1.165) is 15.4 Å². The molecule has 0 fully saturated rings. The summed E-state index contributed by atoms with van der Waals surface area (Å²) in [4.78, 5) is 28.4. The van der Waals surface area contributed by atoms with Gasteiger partial charge in [-0.1, -0.05) is 49.4 Å². The van der Waals surface area contributed by atoms with E-state index in [1.165, 1.54) is 17.0 Å². The molecule has 1 N–H and O–H groups in total. The van der Waals surface area contributed by atoms with Crippen molar-refractivity contribution in [1.82, 2.24) is 10.2 Å². The van der Waals surface area contributed by atoms with Crippen molar-refractivity contribution in [3.8, 4) is 5.75 Å². The van der Waals surface area contributed by atoms with Crippen molar-refractivity contribution >= 4 is 27.5 Å². The molecule has 8 nitrogen and oxygen atoms in total. The van der Waals surface area contributed by atoms with Crippen LogP contribution < -0.4 is 14.4 Å². The molecular weight excluding hydrogens is 502 g/mol. The fourth-order valence-corrected chi connectivity index (χ4v) is 5.60. The Morgan fingerprint density at radius 1 is 0.947 bits per heavy atom. The topological polar surface area (TPSA) is 96.0 Å². The zero-order chi connectivity index (χ0) is 27.7. The van der Waals surface area contributed by atoms with Crippen LogP contribution in [0.2, 0.25) is 0 Å². The summed E-state index contributed by atoms with van der Waals surface area (Å²) in [5.74, 6) is -0.105. The number of hydrogen-bond acceptors (Lipinski definition) is 5. The van der Waals surface area contributed by atoms with Crippen LogP contribution in [-0.4, -0.2) is 51.4 Å². The quantitative estimate of drug-likeness (QED) is 0.375. The largest absolute Gasteiger partial charge is 0.497 e. The molecule has 1 atom stereocenters. The van der Waals surface area contributed by atoms with Crippen LogP contribution in [0.1, 0.15) is 31.4 Å². The third-order valence-electron chi connectivity index (χ3n) is 6.15. The standard InChI is InChI=1S/C29H35N3O5S/c1-5-27(29(34)30-6-2)31(20-23-15-17-25(37-4)18-16-23)28(33)21-32(24-12-10-11-22(3)19-24)38(35,36)26-13-8-7-9-14-26/h7-19,27H,5-6,20-21H2,1-4H3,(H,30,34). The molecule has 0 heterocycles. The van der Waals surface area contributed by atoms with Crippen LogP contribution in [0.5, 0.6) is 5.75 Å². The van der Waals surface area contributed by atoms with Gasteiger partial charge in [-0.15, -0.1) is 0 Å². The highest BCUT2D eigenvalue weighted by molar-refractivity contribution is 7.92. The van der Waals surface area contributed by atoms with Gasteiger partial charge in [-0.05, 0) is 67.8 Å². The van der Waals surface area contributed by atoms with Crippen molar-refractivity contribution in [3.63, 3.8) is 0 Å². The number of nitrogens with one attached hydrogen (secondary N) is 1. The maximum atomic E-state index is 13.9. The average molecular weight is 538 g/mol. The van der Waals surface area contributed by atoms with Crippen LogP contribution >= 0.6 is 0 Å². The van der Waals surface area contributed by atoms with E-state index in [4.69, 9.17) is 4.74 Å². The molecule has 0 radical (unpaired) electrons. The van der Waals surface area contributed by atoms with Crippen molar-refractivity contribution in [2.24, 2.45) is 0 Å². The second-order valence-corrected chi connectivity index (χ2v) is 10.7. The van der Waals surface area contributed by atoms with Gasteiger partial charge in [0.2, 0.25) is 11.8 Å². The first-order valence-electron chi connectivity index (χ1n) is 12.6. The number of sulfonamides is 1. The fourth-order valence-electron chi connectivity index (χ4n) is 4.17. The molecule has 1 unspecified atom stereocenters. The van der Waals surface area contributed by atoms with Crippen molar-refractivity contribution in [2.75, 3.05) is 24.5 Å². The molecule has 0 saturated carbocycles. The van der Waals surface area contributed by atoms with Gasteiger partial charge < -0.3 is 15.0 Å². The van der Waals surface area contributed by atoms with Gasteiger partial charge in [0.1, 0.15) is 18.3 Å². The summed E-state index contributed by atoms with van der Waals surface area (Å²) in [6.45, 7) is 5.58. The van der Waals surface area contributed by atoms with Crippen molar-refractivity contribution in [2.45, 2.75) is 44.7 Å². The van der Waals surface area contributed by atoms with Gasteiger partial charge in [-0.2, -0.15) is 0 Å². The molecule has 0 spiro atoms. The molecule has 0 aliphatic rings. The number of ether oxygens (including phenoxy) is 1. The summed E-state index contributed by atoms with van der Waals surface area (Å²) in [7, 11) is -2.51. The lowest BCUT2D eigenvalue weighted by Crippen LogP contribution is -2.52. The van der Waals surface area contributed by atoms with E-state index in [1.54, 1.807) is 55.6 Å². The van der Waals surface area contributed by atoms with Gasteiger partial charge in [-0.3, -0.25) is 13.9 Å². The van der Waals surface area contributed by atoms with Crippen molar-refractivity contribution in [1.29, 1.82) is 0 Å². The summed E-state index contributed by atoms with van der Waals surface area (Å²) in [6.07, 6.45) is 0.365. The summed E-state index contributed by atoms with van der Waals surface area (Å²) >= 11 is 0. The minimum Gasteiger partial charge on any atom is -0.497 e. The Balaban J connectivity index is 2.04. The highest BCUT2D eigenvalue weighted by Gasteiger charge is 2.33. The van der Waals surface area contributed by atoms with Crippen LogP contribution in [0, 0.1) is 6.92 Å². The van der Waals surface area contributed by atoms with Crippen molar-refractivity contribution < 1.29 is 22.7 Å². The minimum atomic E-state index is -4.08. The highest BCUT2D eigenvalue weighted by Crippen LogP contribution is 2.25. The Morgan fingerprint density at radius 3 is 2.21 bits per heavy atom. The van der Waals surface area contributed by atoms with Crippen LogP contribution in [0.15, 0.2) is 83.8 Å². The first kappa shape index (κ1) is 28.7. The summed E-state index contributed by atoms with van der Waals surface area (Å²) in [5, 5.41) is 2.80. The Morgan fingerprint density at radius 2 is 1.63 bits per heavy atom. The molecule has 38 heavy (non-hydrogen) atoms. The normalized spacial score (nSPS) is 11.9. The first-order valence-corrected chi connectivity index (χ1v) is 14.0. The molecule has 0 bridgehead atoms. The molecule has 0 aliphatic carbocycles. The summed E-state index contributed by atoms with van der Waals surface area (Å²) in [5.41, 5.74) is 2.01. The number of likely N-dealkylation sites (N-methyl/N-ethyl adjacent to an activating group) is 1. The maximum absolute atomic E-state index is 13.9. The molecule has 3 aromatic carbocycles. The number of benzene rings is 3. The number of methoxy groups -OCH3 is 1. The monoisotopic (exact) mass is 537 g/mol. The second kappa shape index (κ2) is 13.1. The minimum absolute atomic E-state index is 0.0757. The summed E-state index contributed by atoms with van der Waals surface area (Å²) < 4.78 is 33.9. The zero-order valence-corrected chi connectivity index (χ0v) is 23.1. The van der Waals surface area contributed by atoms with E-state index in [-0.39, 0.29) is 17.3 Å². The van der Waals surface area contributed by atoms with E-state index in [9.17, 15) is 18.0 Å². The third-order valence-corrected chi connectivity index (χ3v) is 7.94. The van der Waals surface area contributed by atoms with E-state index in [2.05, 4.69) is 5.32 Å². The van der Waals surface area contributed by atoms with Crippen LogP contribution in [-0.2, 0) is 26.2 Å². The number of carbonyl (C=O) groups excluding carboxylic acids is 2. The number of amides is 2. The number of hydrogen-bond donors (Lipinski definition) is 1. The Bertz CT molecular complexity index is 1330. The van der Waals surface area contributed by atoms with Crippen LogP contribution in [0.3, 0.4) is 0 Å². The molecule has 2 amide bonds. The van der Waals surface area contributed by atoms with Crippen LogP contribution in [0.25, 0.3) is 0 Å². The van der Waals surface area contributed by atoms with Crippen LogP contribution in [0.4, 0.5) is 5.69 Å². The molecule has 9 heteroatoms. The first-order chi connectivity index (χ1) is 18.2. The maximum Gasteiger partial charge on any atom is 0.264 e. The molecule has 202 valence electrons. The molecule has 0 aliphatic heterocycles. The predicted molar refractivity (Wildman–Crippen MR) is 148 cm³/mol. The van der Waals surface area contributed by atoms with Gasteiger partial charge in [-0.25, -0.2) is 8.42 Å². The zero-order valence-electron chi connectivity index (χ0n) is 22.3. The predicted octanol–water partition coefficient (Wildman–Crippen LogP) is 4.14. The summed E-state index contributed by atoms with van der Waals surface area (Å²) in [6, 6.07) is 21.4. The SMILES string of the molecule is CCNC(=O)C(CC)N(Cc1ccc(OC)cc1)C(=O)CN(c1cccc(C)c1)S(=O)(=O)c1ccccc1. The smallest absolute Gasteiger partial charge is 0.264 e. The number of anilines is 1. The average Bonchev–Trinajstić information content (AvgIpc) is 2.92. The van der Waals surface area contributed by atoms with E-state index < -0.39 is 28.5 Å². The number of nitrogens with zero attached hydrogens (tertiary/aromatic N) is 2. The lowest BCUT2D eigenvalue weighted by atomic mass is 10.1. The number of aryl methyl sites for hydroxylation is 1. The molecule has 3 rings (SSSR count). The van der Waals surface area contributed by atoms with Gasteiger partial charge in [0.25, 0.3) is 10.0 Å². The lowest BCUT2D eigenvalue weighted by molar-refractivity contribution is -0.140. The number of rotatable bonds is 12. The van der Waals surface area contributed by atoms with Gasteiger partial charge >= 0.3 is 0 Å². The Kier molecular flexibility index (Phi) is 9.90. The third kappa shape index (κ3) is 6.92. The van der Waals surface area contributed by atoms with E-state index in [0.29, 0.717) is 24.4 Å².